The van der Waals surface area contributed by atoms with E-state index in [0.29, 0.717) is 0 Å². The molecule has 0 amide bonds. The van der Waals surface area contributed by atoms with Gasteiger partial charge in [0.05, 0.1) is 0 Å². The second-order valence-corrected chi connectivity index (χ2v) is 15.9. The van der Waals surface area contributed by atoms with Crippen LogP contribution in [-0.2, 0) is 12.3 Å². The Hall–Kier alpha value is 1.87. The molecule has 0 unspecified atom stereocenters. The molecule has 8 heavy (non-hydrogen) atoms. The standard InChI is InChI=1S/3CH4.4ClH.Ti/h3*1H4;4*1H;/q;;;;;;;+4/p-4. The molecule has 0 nitrogen and oxygen atoms in total. The van der Waals surface area contributed by atoms with Crippen molar-refractivity contribution >= 4 is 37.2 Å². The molecule has 0 radical (unpaired) electrons. The summed E-state index contributed by atoms with van der Waals surface area (Å²) in [7, 11) is 20.1. The van der Waals surface area contributed by atoms with Crippen LogP contribution in [0.1, 0.15) is 22.3 Å². The van der Waals surface area contributed by atoms with Crippen LogP contribution in [0.5, 0.6) is 0 Å². The number of halogens is 4. The van der Waals surface area contributed by atoms with Gasteiger partial charge >= 0.3 is 49.6 Å². The van der Waals surface area contributed by atoms with Gasteiger partial charge < -0.3 is 0 Å². The topological polar surface area (TPSA) is 0 Å². The summed E-state index contributed by atoms with van der Waals surface area (Å²) in [4.78, 5) is 0. The van der Waals surface area contributed by atoms with Crippen molar-refractivity contribution in [3.63, 3.8) is 0 Å². The van der Waals surface area contributed by atoms with Gasteiger partial charge in [0.1, 0.15) is 0 Å². The second kappa shape index (κ2) is 8.87. The van der Waals surface area contributed by atoms with Gasteiger partial charge in [0.15, 0.2) is 0 Å². The maximum absolute atomic E-state index is 5.01. The van der Waals surface area contributed by atoms with Crippen molar-refractivity contribution < 1.29 is 12.3 Å². The molecule has 0 aromatic heterocycles. The number of hydrogen-bond donors (Lipinski definition) is 0. The molecule has 0 bridgehead atoms. The molecule has 0 saturated carbocycles. The molecule has 0 N–H and O–H groups in total. The van der Waals surface area contributed by atoms with Crippen molar-refractivity contribution in [2.45, 2.75) is 22.3 Å². The van der Waals surface area contributed by atoms with E-state index in [1.54, 1.807) is 0 Å². The van der Waals surface area contributed by atoms with Gasteiger partial charge in [-0.2, -0.15) is 0 Å². The van der Waals surface area contributed by atoms with E-state index in [1.165, 1.54) is 0 Å². The van der Waals surface area contributed by atoms with E-state index in [2.05, 4.69) is 0 Å². The van der Waals surface area contributed by atoms with Gasteiger partial charge in [-0.15, -0.1) is 0 Å². The zero-order valence-corrected chi connectivity index (χ0v) is 6.60. The molecule has 5 heteroatoms. The van der Waals surface area contributed by atoms with Gasteiger partial charge in [-0.05, 0) is 0 Å². The first-order valence-electron chi connectivity index (χ1n) is 0.756. The van der Waals surface area contributed by atoms with E-state index in [-0.39, 0.29) is 22.3 Å². The van der Waals surface area contributed by atoms with E-state index >= 15 is 0 Å². The summed E-state index contributed by atoms with van der Waals surface area (Å²) in [6.45, 7) is 0. The average molecular weight is 238 g/mol. The molecule has 56 valence electrons. The van der Waals surface area contributed by atoms with Crippen LogP contribution in [-0.4, -0.2) is 0 Å². The van der Waals surface area contributed by atoms with Crippen molar-refractivity contribution in [2.75, 3.05) is 0 Å². The molecule has 0 aliphatic heterocycles. The summed E-state index contributed by atoms with van der Waals surface area (Å²) in [5, 5.41) is 0. The SMILES string of the molecule is C.C.C.[Cl][Ti]([Cl])([Cl])[Cl]. The van der Waals surface area contributed by atoms with Crippen LogP contribution in [0.4, 0.5) is 0 Å². The van der Waals surface area contributed by atoms with Crippen molar-refractivity contribution in [3.8, 4) is 0 Å². The zero-order chi connectivity index (χ0) is 4.50. The first kappa shape index (κ1) is 22.5. The summed E-state index contributed by atoms with van der Waals surface area (Å²) in [6, 6.07) is 0. The van der Waals surface area contributed by atoms with Crippen LogP contribution in [0.2, 0.25) is 0 Å². The molecular weight excluding hydrogens is 226 g/mol. The van der Waals surface area contributed by atoms with Gasteiger partial charge in [0.2, 0.25) is 0 Å². The molecule has 0 atom stereocenters. The van der Waals surface area contributed by atoms with Crippen molar-refractivity contribution in [1.82, 2.24) is 0 Å². The summed E-state index contributed by atoms with van der Waals surface area (Å²) in [5.74, 6) is 0. The molecule has 0 heterocycles. The van der Waals surface area contributed by atoms with Gasteiger partial charge in [-0.1, -0.05) is 22.3 Å². The molecule has 0 spiro atoms. The predicted molar refractivity (Wildman–Crippen MR) is 43.6 cm³/mol. The number of hydrogen-bond acceptors (Lipinski definition) is 0. The van der Waals surface area contributed by atoms with Crippen LogP contribution >= 0.6 is 37.2 Å². The Morgan fingerprint density at radius 3 is 0.625 bits per heavy atom. The normalized spacial score (nSPS) is 7.50. The van der Waals surface area contributed by atoms with Gasteiger partial charge in [-0.25, -0.2) is 0 Å². The molecular formula is C3H12Cl4Ti. The summed E-state index contributed by atoms with van der Waals surface area (Å²) in [6.07, 6.45) is 0. The van der Waals surface area contributed by atoms with Crippen LogP contribution in [0, 0.1) is 0 Å². The Bertz CT molecular complexity index is 26.8. The Balaban J connectivity index is -0.0000000267. The fraction of sp³-hybridized carbons (Fsp3) is 1.00. The third-order valence-electron chi connectivity index (χ3n) is 0. The summed E-state index contributed by atoms with van der Waals surface area (Å²) >= 11 is -3.11. The summed E-state index contributed by atoms with van der Waals surface area (Å²) < 4.78 is 0. The Kier molecular flexibility index (Phi) is 25.0. The fourth-order valence-electron chi connectivity index (χ4n) is 0. The fourth-order valence-corrected chi connectivity index (χ4v) is 0. The Morgan fingerprint density at radius 1 is 0.625 bits per heavy atom. The van der Waals surface area contributed by atoms with E-state index in [9.17, 15) is 0 Å². The third kappa shape index (κ3) is 106. The molecule has 0 aromatic carbocycles. The van der Waals surface area contributed by atoms with E-state index in [4.69, 9.17) is 37.2 Å². The van der Waals surface area contributed by atoms with E-state index < -0.39 is 12.3 Å². The first-order valence-corrected chi connectivity index (χ1v) is 9.35. The monoisotopic (exact) mass is 236 g/mol. The molecule has 0 aliphatic rings. The van der Waals surface area contributed by atoms with Crippen molar-refractivity contribution in [2.24, 2.45) is 0 Å². The average Bonchev–Trinajstić information content (AvgIpc) is 0.722. The van der Waals surface area contributed by atoms with E-state index in [0.717, 1.165) is 0 Å². The van der Waals surface area contributed by atoms with Crippen molar-refractivity contribution in [3.05, 3.63) is 0 Å². The zero-order valence-electron chi connectivity index (χ0n) is 2.01. The van der Waals surface area contributed by atoms with Crippen molar-refractivity contribution in [1.29, 1.82) is 0 Å². The molecule has 0 aliphatic carbocycles. The van der Waals surface area contributed by atoms with E-state index in [1.807, 2.05) is 0 Å². The second-order valence-electron chi connectivity index (χ2n) is 0.429. The molecule has 0 saturated heterocycles. The summed E-state index contributed by atoms with van der Waals surface area (Å²) in [5.41, 5.74) is 0. The van der Waals surface area contributed by atoms with Gasteiger partial charge in [0.25, 0.3) is 0 Å². The molecule has 0 fully saturated rings. The number of rotatable bonds is 0. The first-order chi connectivity index (χ1) is 2.00. The predicted octanol–water partition coefficient (Wildman–Crippen LogP) is 4.66. The maximum atomic E-state index is 5.01. The van der Waals surface area contributed by atoms with Crippen LogP contribution < -0.4 is 0 Å². The minimum atomic E-state index is -3.11. The quantitative estimate of drug-likeness (QED) is 0.538. The molecule has 0 rings (SSSR count). The Labute approximate surface area is 71.3 Å². The van der Waals surface area contributed by atoms with Gasteiger partial charge in [0, 0.05) is 0 Å². The van der Waals surface area contributed by atoms with Crippen LogP contribution in [0.15, 0.2) is 0 Å². The van der Waals surface area contributed by atoms with Crippen LogP contribution in [0.3, 0.4) is 0 Å². The minimum absolute atomic E-state index is 0. The van der Waals surface area contributed by atoms with Crippen LogP contribution in [0.25, 0.3) is 0 Å². The molecule has 0 aromatic rings. The van der Waals surface area contributed by atoms with Gasteiger partial charge in [-0.3, -0.25) is 0 Å². The third-order valence-corrected chi connectivity index (χ3v) is 0. The Morgan fingerprint density at radius 2 is 0.625 bits per heavy atom.